The van der Waals surface area contributed by atoms with E-state index in [1.54, 1.807) is 14.2 Å². The Kier molecular flexibility index (Phi) is 7.56. The molecule has 1 aliphatic carbocycles. The number of rotatable bonds is 4. The molecule has 0 heterocycles. The molecule has 0 aliphatic heterocycles. The van der Waals surface area contributed by atoms with Gasteiger partial charge in [-0.15, -0.1) is 0 Å². The molecule has 0 unspecified atom stereocenters. The van der Waals surface area contributed by atoms with Crippen LogP contribution in [0.15, 0.2) is 47.7 Å². The van der Waals surface area contributed by atoms with Gasteiger partial charge in [0.25, 0.3) is 0 Å². The standard InChI is InChI=1S/C9H14O.C9H12O/c2*1-3-8-4-6-9(10-2)7-5-8/h4,7H,3,5-6H2,1-2H3;4-7H,3H2,1-2H3. The van der Waals surface area contributed by atoms with Crippen molar-refractivity contribution < 1.29 is 9.47 Å². The third-order valence-corrected chi connectivity index (χ3v) is 3.47. The molecule has 20 heavy (non-hydrogen) atoms. The highest BCUT2D eigenvalue weighted by Gasteiger charge is 2.02. The number of benzene rings is 1. The van der Waals surface area contributed by atoms with Crippen LogP contribution in [-0.4, -0.2) is 14.2 Å². The predicted molar refractivity (Wildman–Crippen MR) is 85.1 cm³/mol. The zero-order chi connectivity index (χ0) is 14.8. The zero-order valence-electron chi connectivity index (χ0n) is 13.1. The van der Waals surface area contributed by atoms with Gasteiger partial charge in [-0.25, -0.2) is 0 Å². The molecular weight excluding hydrogens is 248 g/mol. The lowest BCUT2D eigenvalue weighted by Crippen LogP contribution is -1.93. The van der Waals surface area contributed by atoms with Crippen molar-refractivity contribution in [2.24, 2.45) is 0 Å². The number of ether oxygens (including phenoxy) is 2. The van der Waals surface area contributed by atoms with Crippen LogP contribution in [0, 0.1) is 0 Å². The maximum atomic E-state index is 5.10. The first-order chi connectivity index (χ1) is 9.73. The van der Waals surface area contributed by atoms with Crippen molar-refractivity contribution in [3.8, 4) is 5.75 Å². The van der Waals surface area contributed by atoms with E-state index in [2.05, 4.69) is 38.1 Å². The highest BCUT2D eigenvalue weighted by atomic mass is 16.5. The summed E-state index contributed by atoms with van der Waals surface area (Å²) >= 11 is 0. The van der Waals surface area contributed by atoms with E-state index in [1.807, 2.05) is 12.1 Å². The molecule has 2 heteroatoms. The van der Waals surface area contributed by atoms with Gasteiger partial charge in [0.15, 0.2) is 0 Å². The van der Waals surface area contributed by atoms with Gasteiger partial charge in [-0.05, 0) is 43.0 Å². The Morgan fingerprint density at radius 2 is 1.55 bits per heavy atom. The first kappa shape index (κ1) is 16.4. The summed E-state index contributed by atoms with van der Waals surface area (Å²) in [5, 5.41) is 0. The lowest BCUT2D eigenvalue weighted by atomic mass is 10.0. The Labute approximate surface area is 123 Å². The molecule has 0 saturated carbocycles. The van der Waals surface area contributed by atoms with Crippen LogP contribution in [0.3, 0.4) is 0 Å². The van der Waals surface area contributed by atoms with Crippen LogP contribution in [0.25, 0.3) is 0 Å². The van der Waals surface area contributed by atoms with Gasteiger partial charge >= 0.3 is 0 Å². The molecule has 0 spiro atoms. The normalized spacial score (nSPS) is 13.6. The topological polar surface area (TPSA) is 18.5 Å². The Morgan fingerprint density at radius 1 is 0.850 bits per heavy atom. The third kappa shape index (κ3) is 5.52. The minimum absolute atomic E-state index is 0.928. The van der Waals surface area contributed by atoms with Gasteiger partial charge in [0.2, 0.25) is 0 Å². The van der Waals surface area contributed by atoms with Gasteiger partial charge in [0, 0.05) is 6.42 Å². The number of hydrogen-bond acceptors (Lipinski definition) is 2. The summed E-state index contributed by atoms with van der Waals surface area (Å²) in [6.45, 7) is 4.33. The highest BCUT2D eigenvalue weighted by molar-refractivity contribution is 5.26. The van der Waals surface area contributed by atoms with Crippen molar-refractivity contribution in [3.63, 3.8) is 0 Å². The summed E-state index contributed by atoms with van der Waals surface area (Å²) < 4.78 is 10.1. The molecule has 1 aromatic rings. The maximum Gasteiger partial charge on any atom is 0.118 e. The van der Waals surface area contributed by atoms with E-state index >= 15 is 0 Å². The fraction of sp³-hybridized carbons (Fsp3) is 0.444. The predicted octanol–water partition coefficient (Wildman–Crippen LogP) is 4.90. The van der Waals surface area contributed by atoms with Gasteiger partial charge in [0.1, 0.15) is 5.75 Å². The summed E-state index contributed by atoms with van der Waals surface area (Å²) in [6, 6.07) is 8.13. The molecule has 0 aromatic heterocycles. The van der Waals surface area contributed by atoms with Gasteiger partial charge in [0.05, 0.1) is 20.0 Å². The summed E-state index contributed by atoms with van der Waals surface area (Å²) in [5.41, 5.74) is 2.88. The Bertz CT molecular complexity index is 398. The average Bonchev–Trinajstić information content (AvgIpc) is 2.55. The maximum absolute atomic E-state index is 5.10. The van der Waals surface area contributed by atoms with E-state index in [0.29, 0.717) is 0 Å². The zero-order valence-corrected chi connectivity index (χ0v) is 13.1. The van der Waals surface area contributed by atoms with Crippen molar-refractivity contribution in [2.45, 2.75) is 39.5 Å². The second kappa shape index (κ2) is 9.24. The Hall–Kier alpha value is -1.70. The first-order valence-electron chi connectivity index (χ1n) is 7.27. The van der Waals surface area contributed by atoms with E-state index in [1.165, 1.54) is 17.6 Å². The Morgan fingerprint density at radius 3 is 1.95 bits per heavy atom. The summed E-state index contributed by atoms with van der Waals surface area (Å²) in [4.78, 5) is 0. The summed E-state index contributed by atoms with van der Waals surface area (Å²) in [6.07, 6.45) is 8.76. The van der Waals surface area contributed by atoms with Crippen molar-refractivity contribution in [2.75, 3.05) is 14.2 Å². The molecule has 0 N–H and O–H groups in total. The van der Waals surface area contributed by atoms with E-state index < -0.39 is 0 Å². The molecule has 1 aliphatic rings. The summed E-state index contributed by atoms with van der Waals surface area (Å²) in [7, 11) is 3.41. The lowest BCUT2D eigenvalue weighted by molar-refractivity contribution is 0.281. The van der Waals surface area contributed by atoms with Crippen LogP contribution in [0.2, 0.25) is 0 Å². The second-order valence-corrected chi connectivity index (χ2v) is 4.70. The van der Waals surface area contributed by atoms with Crippen LogP contribution in [0.5, 0.6) is 5.75 Å². The molecule has 0 amide bonds. The van der Waals surface area contributed by atoms with Crippen LogP contribution < -0.4 is 4.74 Å². The monoisotopic (exact) mass is 274 g/mol. The fourth-order valence-electron chi connectivity index (χ4n) is 1.97. The highest BCUT2D eigenvalue weighted by Crippen LogP contribution is 2.19. The number of allylic oxidation sites excluding steroid dienone is 3. The van der Waals surface area contributed by atoms with Crippen LogP contribution in [0.4, 0.5) is 0 Å². The van der Waals surface area contributed by atoms with Gasteiger partial charge in [-0.3, -0.25) is 0 Å². The third-order valence-electron chi connectivity index (χ3n) is 3.47. The molecule has 110 valence electrons. The van der Waals surface area contributed by atoms with E-state index in [9.17, 15) is 0 Å². The van der Waals surface area contributed by atoms with Crippen molar-refractivity contribution in [3.05, 3.63) is 53.3 Å². The van der Waals surface area contributed by atoms with Crippen LogP contribution in [-0.2, 0) is 11.2 Å². The molecule has 2 rings (SSSR count). The molecule has 0 atom stereocenters. The average molecular weight is 274 g/mol. The summed E-state index contributed by atoms with van der Waals surface area (Å²) in [5.74, 6) is 2.04. The fourth-order valence-corrected chi connectivity index (χ4v) is 1.97. The van der Waals surface area contributed by atoms with Gasteiger partial charge in [-0.2, -0.15) is 0 Å². The molecular formula is C18H26O2. The van der Waals surface area contributed by atoms with Crippen molar-refractivity contribution in [1.82, 2.24) is 0 Å². The lowest BCUT2D eigenvalue weighted by Gasteiger charge is -2.10. The number of methoxy groups -OCH3 is 2. The first-order valence-corrected chi connectivity index (χ1v) is 7.27. The quantitative estimate of drug-likeness (QED) is 0.727. The molecule has 2 nitrogen and oxygen atoms in total. The van der Waals surface area contributed by atoms with Gasteiger partial charge < -0.3 is 9.47 Å². The van der Waals surface area contributed by atoms with E-state index in [-0.39, 0.29) is 0 Å². The number of aryl methyl sites for hydroxylation is 1. The molecule has 0 bridgehead atoms. The SMILES string of the molecule is CCC1=CCC(OC)=CC1.CCc1ccc(OC)cc1. The van der Waals surface area contributed by atoms with E-state index in [4.69, 9.17) is 9.47 Å². The molecule has 0 radical (unpaired) electrons. The molecule has 0 saturated heterocycles. The second-order valence-electron chi connectivity index (χ2n) is 4.70. The molecule has 1 aromatic carbocycles. The van der Waals surface area contributed by atoms with Gasteiger partial charge in [-0.1, -0.05) is 37.6 Å². The van der Waals surface area contributed by atoms with E-state index in [0.717, 1.165) is 30.8 Å². The minimum Gasteiger partial charge on any atom is -0.501 e. The smallest absolute Gasteiger partial charge is 0.118 e. The Balaban J connectivity index is 0.000000200. The minimum atomic E-state index is 0.928. The van der Waals surface area contributed by atoms with Crippen molar-refractivity contribution in [1.29, 1.82) is 0 Å². The van der Waals surface area contributed by atoms with Crippen molar-refractivity contribution >= 4 is 0 Å². The number of hydrogen-bond donors (Lipinski definition) is 0. The molecule has 0 fully saturated rings. The van der Waals surface area contributed by atoms with Crippen LogP contribution >= 0.6 is 0 Å². The largest absolute Gasteiger partial charge is 0.501 e. The van der Waals surface area contributed by atoms with Crippen LogP contribution in [0.1, 0.15) is 38.7 Å².